The maximum atomic E-state index is 11.4. The molecule has 1 atom stereocenters. The molecular weight excluding hydrogens is 276 g/mol. The van der Waals surface area contributed by atoms with Gasteiger partial charge in [-0.25, -0.2) is 4.79 Å². The maximum Gasteiger partial charge on any atom is 0.330 e. The van der Waals surface area contributed by atoms with Gasteiger partial charge in [-0.1, -0.05) is 29.8 Å². The van der Waals surface area contributed by atoms with Gasteiger partial charge in [0.2, 0.25) is 0 Å². The molecule has 2 aromatic rings. The molecular formula is C18H20N2O2. The largest absolute Gasteiger partial charge is 0.466 e. The molecule has 0 radical (unpaired) electrons. The first-order valence-corrected chi connectivity index (χ1v) is 7.16. The number of carbonyl (C=O) groups is 1. The van der Waals surface area contributed by atoms with Gasteiger partial charge in [0, 0.05) is 18.0 Å². The number of aromatic nitrogens is 1. The molecule has 114 valence electrons. The van der Waals surface area contributed by atoms with Gasteiger partial charge >= 0.3 is 5.97 Å². The standard InChI is InChI=1S/C18H20N2O2/c1-14(13-18(21)22-2)12-17(16-10-6-7-11-19-16)20-15-8-4-3-5-9-15/h3-11,13,17,20H,12H2,1-2H3/b14-13-. The number of para-hydroxylation sites is 1. The fraction of sp³-hybridized carbons (Fsp3) is 0.222. The van der Waals surface area contributed by atoms with Crippen LogP contribution in [-0.4, -0.2) is 18.1 Å². The predicted molar refractivity (Wildman–Crippen MR) is 87.4 cm³/mol. The zero-order valence-electron chi connectivity index (χ0n) is 12.8. The molecule has 0 spiro atoms. The number of nitrogens with one attached hydrogen (secondary N) is 1. The lowest BCUT2D eigenvalue weighted by atomic mass is 10.0. The number of esters is 1. The fourth-order valence-electron chi connectivity index (χ4n) is 2.19. The summed E-state index contributed by atoms with van der Waals surface area (Å²) in [6.07, 6.45) is 3.96. The highest BCUT2D eigenvalue weighted by molar-refractivity contribution is 5.82. The van der Waals surface area contributed by atoms with Crippen molar-refractivity contribution in [3.05, 3.63) is 72.1 Å². The molecule has 1 heterocycles. The van der Waals surface area contributed by atoms with Crippen molar-refractivity contribution in [1.29, 1.82) is 0 Å². The van der Waals surface area contributed by atoms with E-state index >= 15 is 0 Å². The van der Waals surface area contributed by atoms with E-state index in [1.54, 1.807) is 6.20 Å². The van der Waals surface area contributed by atoms with E-state index in [0.717, 1.165) is 17.0 Å². The normalized spacial score (nSPS) is 12.5. The van der Waals surface area contributed by atoms with Gasteiger partial charge in [-0.15, -0.1) is 0 Å². The number of ether oxygens (including phenoxy) is 1. The van der Waals surface area contributed by atoms with E-state index in [1.165, 1.54) is 13.2 Å². The summed E-state index contributed by atoms with van der Waals surface area (Å²) in [6, 6.07) is 15.8. The Bertz CT molecular complexity index is 624. The molecule has 2 rings (SSSR count). The van der Waals surface area contributed by atoms with Crippen LogP contribution in [0.1, 0.15) is 25.1 Å². The van der Waals surface area contributed by atoms with Crippen LogP contribution >= 0.6 is 0 Å². The van der Waals surface area contributed by atoms with Crippen LogP contribution in [-0.2, 0) is 9.53 Å². The van der Waals surface area contributed by atoms with E-state index < -0.39 is 0 Å². The zero-order chi connectivity index (χ0) is 15.8. The topological polar surface area (TPSA) is 51.2 Å². The molecule has 0 aliphatic rings. The van der Waals surface area contributed by atoms with E-state index in [9.17, 15) is 4.79 Å². The van der Waals surface area contributed by atoms with Crippen molar-refractivity contribution in [2.75, 3.05) is 12.4 Å². The Morgan fingerprint density at radius 2 is 1.95 bits per heavy atom. The van der Waals surface area contributed by atoms with Gasteiger partial charge in [0.05, 0.1) is 18.8 Å². The van der Waals surface area contributed by atoms with Crippen molar-refractivity contribution in [1.82, 2.24) is 4.98 Å². The highest BCUT2D eigenvalue weighted by atomic mass is 16.5. The Kier molecular flexibility index (Phi) is 5.72. The van der Waals surface area contributed by atoms with E-state index in [1.807, 2.05) is 55.5 Å². The molecule has 0 saturated heterocycles. The second-order valence-corrected chi connectivity index (χ2v) is 5.04. The van der Waals surface area contributed by atoms with Gasteiger partial charge in [0.1, 0.15) is 0 Å². The molecule has 1 aromatic heterocycles. The second kappa shape index (κ2) is 7.98. The molecule has 0 bridgehead atoms. The van der Waals surface area contributed by atoms with Crippen molar-refractivity contribution < 1.29 is 9.53 Å². The number of methoxy groups -OCH3 is 1. The first-order valence-electron chi connectivity index (χ1n) is 7.16. The third-order valence-corrected chi connectivity index (χ3v) is 3.25. The number of nitrogens with zero attached hydrogens (tertiary/aromatic N) is 1. The lowest BCUT2D eigenvalue weighted by Crippen LogP contribution is -2.13. The highest BCUT2D eigenvalue weighted by Gasteiger charge is 2.14. The molecule has 22 heavy (non-hydrogen) atoms. The lowest BCUT2D eigenvalue weighted by molar-refractivity contribution is -0.134. The Hall–Kier alpha value is -2.62. The molecule has 4 nitrogen and oxygen atoms in total. The fourth-order valence-corrected chi connectivity index (χ4v) is 2.19. The minimum Gasteiger partial charge on any atom is -0.466 e. The zero-order valence-corrected chi connectivity index (χ0v) is 12.8. The Morgan fingerprint density at radius 1 is 1.23 bits per heavy atom. The summed E-state index contributed by atoms with van der Waals surface area (Å²) in [5.74, 6) is -0.336. The third kappa shape index (κ3) is 4.74. The van der Waals surface area contributed by atoms with Crippen LogP contribution in [0.2, 0.25) is 0 Å². The highest BCUT2D eigenvalue weighted by Crippen LogP contribution is 2.24. The van der Waals surface area contributed by atoms with Crippen LogP contribution in [0.25, 0.3) is 0 Å². The van der Waals surface area contributed by atoms with E-state index in [2.05, 4.69) is 15.0 Å². The Balaban J connectivity index is 2.19. The summed E-state index contributed by atoms with van der Waals surface area (Å²) in [5.41, 5.74) is 2.89. The Morgan fingerprint density at radius 3 is 2.59 bits per heavy atom. The first-order chi connectivity index (χ1) is 10.7. The minimum atomic E-state index is -0.336. The molecule has 4 heteroatoms. The monoisotopic (exact) mass is 296 g/mol. The van der Waals surface area contributed by atoms with Crippen molar-refractivity contribution in [3.8, 4) is 0 Å². The summed E-state index contributed by atoms with van der Waals surface area (Å²) in [4.78, 5) is 15.8. The molecule has 1 aromatic carbocycles. The summed E-state index contributed by atoms with van der Waals surface area (Å²) in [5, 5.41) is 3.46. The van der Waals surface area contributed by atoms with Crippen molar-refractivity contribution in [2.24, 2.45) is 0 Å². The summed E-state index contributed by atoms with van der Waals surface area (Å²) < 4.78 is 4.68. The van der Waals surface area contributed by atoms with E-state index in [-0.39, 0.29) is 12.0 Å². The van der Waals surface area contributed by atoms with Crippen LogP contribution in [0, 0.1) is 0 Å². The lowest BCUT2D eigenvalue weighted by Gasteiger charge is -2.20. The molecule has 1 N–H and O–H groups in total. The number of pyridine rings is 1. The maximum absolute atomic E-state index is 11.4. The van der Waals surface area contributed by atoms with Crippen LogP contribution in [0.3, 0.4) is 0 Å². The average molecular weight is 296 g/mol. The quantitative estimate of drug-likeness (QED) is 0.651. The molecule has 0 fully saturated rings. The van der Waals surface area contributed by atoms with E-state index in [4.69, 9.17) is 0 Å². The summed E-state index contributed by atoms with van der Waals surface area (Å²) in [7, 11) is 1.38. The number of anilines is 1. The van der Waals surface area contributed by atoms with Crippen LogP contribution < -0.4 is 5.32 Å². The van der Waals surface area contributed by atoms with Gasteiger partial charge in [-0.2, -0.15) is 0 Å². The number of hydrogen-bond donors (Lipinski definition) is 1. The Labute approximate surface area is 130 Å². The van der Waals surface area contributed by atoms with Gasteiger partial charge in [0.15, 0.2) is 0 Å². The van der Waals surface area contributed by atoms with Gasteiger partial charge < -0.3 is 10.1 Å². The molecule has 0 aliphatic carbocycles. The molecule has 1 unspecified atom stereocenters. The molecule has 0 saturated carbocycles. The van der Waals surface area contributed by atoms with Crippen molar-refractivity contribution in [2.45, 2.75) is 19.4 Å². The van der Waals surface area contributed by atoms with Crippen LogP contribution in [0.15, 0.2) is 66.4 Å². The molecule has 0 amide bonds. The average Bonchev–Trinajstić information content (AvgIpc) is 2.56. The number of hydrogen-bond acceptors (Lipinski definition) is 4. The SMILES string of the molecule is COC(=O)/C=C(/C)CC(Nc1ccccc1)c1ccccn1. The van der Waals surface area contributed by atoms with Crippen LogP contribution in [0.4, 0.5) is 5.69 Å². The summed E-state index contributed by atoms with van der Waals surface area (Å²) in [6.45, 7) is 1.92. The van der Waals surface area contributed by atoms with Gasteiger partial charge in [-0.05, 0) is 37.6 Å². The molecule has 0 aliphatic heterocycles. The smallest absolute Gasteiger partial charge is 0.330 e. The van der Waals surface area contributed by atoms with Crippen LogP contribution in [0.5, 0.6) is 0 Å². The van der Waals surface area contributed by atoms with Crippen molar-refractivity contribution >= 4 is 11.7 Å². The van der Waals surface area contributed by atoms with Gasteiger partial charge in [-0.3, -0.25) is 4.98 Å². The minimum absolute atomic E-state index is 0.00972. The van der Waals surface area contributed by atoms with E-state index in [0.29, 0.717) is 6.42 Å². The third-order valence-electron chi connectivity index (χ3n) is 3.25. The predicted octanol–water partition coefficient (Wildman–Crippen LogP) is 3.74. The van der Waals surface area contributed by atoms with Crippen molar-refractivity contribution in [3.63, 3.8) is 0 Å². The van der Waals surface area contributed by atoms with Gasteiger partial charge in [0.25, 0.3) is 0 Å². The summed E-state index contributed by atoms with van der Waals surface area (Å²) >= 11 is 0. The number of benzene rings is 1. The number of rotatable bonds is 6. The number of carbonyl (C=O) groups excluding carboxylic acids is 1. The second-order valence-electron chi connectivity index (χ2n) is 5.04. The first kappa shape index (κ1) is 15.8.